The number of rotatable bonds is 2. The summed E-state index contributed by atoms with van der Waals surface area (Å²) < 4.78 is 3.20. The van der Waals surface area contributed by atoms with Crippen LogP contribution in [0.3, 0.4) is 0 Å². The van der Waals surface area contributed by atoms with Crippen molar-refractivity contribution in [3.8, 4) is 16.9 Å². The SMILES string of the molecule is Cc1cccc(-n2nc(-c3ccccc3Br)c3c2NCCCC3)c1C. The van der Waals surface area contributed by atoms with Crippen LogP contribution in [0.25, 0.3) is 16.9 Å². The van der Waals surface area contributed by atoms with Crippen molar-refractivity contribution in [3.63, 3.8) is 0 Å². The third-order valence-electron chi connectivity index (χ3n) is 5.06. The highest BCUT2D eigenvalue weighted by molar-refractivity contribution is 9.10. The number of hydrogen-bond donors (Lipinski definition) is 1. The van der Waals surface area contributed by atoms with E-state index in [4.69, 9.17) is 5.10 Å². The normalized spacial score (nSPS) is 13.9. The average Bonchev–Trinajstić information content (AvgIpc) is 2.79. The van der Waals surface area contributed by atoms with E-state index in [0.29, 0.717) is 0 Å². The second-order valence-electron chi connectivity index (χ2n) is 6.67. The van der Waals surface area contributed by atoms with Gasteiger partial charge in [-0.15, -0.1) is 0 Å². The first-order valence-electron chi connectivity index (χ1n) is 8.84. The molecule has 0 aliphatic carbocycles. The lowest BCUT2D eigenvalue weighted by Crippen LogP contribution is -2.08. The Morgan fingerprint density at radius 2 is 1.88 bits per heavy atom. The molecule has 0 saturated carbocycles. The molecular formula is C21H22BrN3. The van der Waals surface area contributed by atoms with Gasteiger partial charge in [0.25, 0.3) is 0 Å². The second kappa shape index (κ2) is 6.68. The van der Waals surface area contributed by atoms with E-state index >= 15 is 0 Å². The van der Waals surface area contributed by atoms with Crippen molar-refractivity contribution in [2.24, 2.45) is 0 Å². The summed E-state index contributed by atoms with van der Waals surface area (Å²) >= 11 is 3.70. The minimum atomic E-state index is 0.999. The maximum atomic E-state index is 5.06. The van der Waals surface area contributed by atoms with Gasteiger partial charge < -0.3 is 5.32 Å². The van der Waals surface area contributed by atoms with Crippen LogP contribution in [0.1, 0.15) is 29.5 Å². The molecule has 1 N–H and O–H groups in total. The summed E-state index contributed by atoms with van der Waals surface area (Å²) in [6, 6.07) is 14.8. The molecule has 1 aromatic heterocycles. The molecule has 128 valence electrons. The first-order chi connectivity index (χ1) is 12.2. The zero-order chi connectivity index (χ0) is 17.4. The molecule has 25 heavy (non-hydrogen) atoms. The molecule has 0 unspecified atom stereocenters. The Bertz CT molecular complexity index is 927. The average molecular weight is 396 g/mol. The standard InChI is InChI=1S/C21H22BrN3/c1-14-8-7-12-19(15(14)2)25-21-17(10-5-6-13-23-21)20(24-25)16-9-3-4-11-18(16)22/h3-4,7-9,11-12,23H,5-6,10,13H2,1-2H3. The van der Waals surface area contributed by atoms with E-state index in [1.807, 2.05) is 6.07 Å². The maximum absolute atomic E-state index is 5.06. The topological polar surface area (TPSA) is 29.9 Å². The minimum absolute atomic E-state index is 0.999. The van der Waals surface area contributed by atoms with Crippen molar-refractivity contribution >= 4 is 21.7 Å². The van der Waals surface area contributed by atoms with Gasteiger partial charge in [-0.05, 0) is 56.4 Å². The second-order valence-corrected chi connectivity index (χ2v) is 7.52. The fourth-order valence-electron chi connectivity index (χ4n) is 3.51. The minimum Gasteiger partial charge on any atom is -0.370 e. The molecule has 1 aliphatic rings. The number of aryl methyl sites for hydroxylation is 1. The van der Waals surface area contributed by atoms with Gasteiger partial charge >= 0.3 is 0 Å². The molecule has 4 heteroatoms. The highest BCUT2D eigenvalue weighted by atomic mass is 79.9. The number of anilines is 1. The Morgan fingerprint density at radius 1 is 1.04 bits per heavy atom. The van der Waals surface area contributed by atoms with Gasteiger partial charge in [-0.2, -0.15) is 5.10 Å². The molecule has 0 spiro atoms. The monoisotopic (exact) mass is 395 g/mol. The highest BCUT2D eigenvalue weighted by Crippen LogP contribution is 2.37. The summed E-state index contributed by atoms with van der Waals surface area (Å²) in [5.74, 6) is 1.15. The Morgan fingerprint density at radius 3 is 2.72 bits per heavy atom. The van der Waals surface area contributed by atoms with Crippen molar-refractivity contribution in [1.29, 1.82) is 0 Å². The van der Waals surface area contributed by atoms with Crippen LogP contribution in [0.4, 0.5) is 5.82 Å². The van der Waals surface area contributed by atoms with Crippen LogP contribution in [0, 0.1) is 13.8 Å². The summed E-state index contributed by atoms with van der Waals surface area (Å²) in [5, 5.41) is 8.69. The molecular weight excluding hydrogens is 374 g/mol. The van der Waals surface area contributed by atoms with E-state index < -0.39 is 0 Å². The summed E-state index contributed by atoms with van der Waals surface area (Å²) in [6.45, 7) is 5.33. The Balaban J connectivity index is 1.97. The fraction of sp³-hybridized carbons (Fsp3) is 0.286. The Kier molecular flexibility index (Phi) is 4.38. The van der Waals surface area contributed by atoms with Crippen LogP contribution < -0.4 is 5.32 Å². The molecule has 0 amide bonds. The van der Waals surface area contributed by atoms with Gasteiger partial charge in [0.1, 0.15) is 5.82 Å². The van der Waals surface area contributed by atoms with Crippen molar-refractivity contribution in [3.05, 3.63) is 63.6 Å². The lowest BCUT2D eigenvalue weighted by Gasteiger charge is -2.13. The smallest absolute Gasteiger partial charge is 0.133 e. The van der Waals surface area contributed by atoms with Crippen LogP contribution >= 0.6 is 15.9 Å². The van der Waals surface area contributed by atoms with E-state index in [1.165, 1.54) is 29.5 Å². The predicted molar refractivity (Wildman–Crippen MR) is 108 cm³/mol. The molecule has 2 aromatic carbocycles. The van der Waals surface area contributed by atoms with E-state index in [0.717, 1.165) is 40.2 Å². The Hall–Kier alpha value is -2.07. The van der Waals surface area contributed by atoms with Gasteiger partial charge in [0, 0.05) is 22.1 Å². The first kappa shape index (κ1) is 16.4. The Labute approximate surface area is 157 Å². The largest absolute Gasteiger partial charge is 0.370 e. The number of nitrogens with zero attached hydrogens (tertiary/aromatic N) is 2. The van der Waals surface area contributed by atoms with Crippen molar-refractivity contribution < 1.29 is 0 Å². The highest BCUT2D eigenvalue weighted by Gasteiger charge is 2.23. The third-order valence-corrected chi connectivity index (χ3v) is 5.75. The van der Waals surface area contributed by atoms with Crippen molar-refractivity contribution in [1.82, 2.24) is 9.78 Å². The van der Waals surface area contributed by atoms with E-state index in [-0.39, 0.29) is 0 Å². The van der Waals surface area contributed by atoms with Crippen LogP contribution in [0.2, 0.25) is 0 Å². The quantitative estimate of drug-likeness (QED) is 0.605. The molecule has 3 nitrogen and oxygen atoms in total. The van der Waals surface area contributed by atoms with Gasteiger partial charge in [-0.3, -0.25) is 0 Å². The molecule has 4 rings (SSSR count). The van der Waals surface area contributed by atoms with Crippen LogP contribution in [-0.4, -0.2) is 16.3 Å². The molecule has 0 fully saturated rings. The maximum Gasteiger partial charge on any atom is 0.133 e. The van der Waals surface area contributed by atoms with Gasteiger partial charge in [0.15, 0.2) is 0 Å². The van der Waals surface area contributed by atoms with Gasteiger partial charge in [-0.25, -0.2) is 4.68 Å². The van der Waals surface area contributed by atoms with Crippen molar-refractivity contribution in [2.45, 2.75) is 33.1 Å². The number of nitrogens with one attached hydrogen (secondary N) is 1. The van der Waals surface area contributed by atoms with E-state index in [9.17, 15) is 0 Å². The van der Waals surface area contributed by atoms with E-state index in [1.54, 1.807) is 0 Å². The number of fused-ring (bicyclic) bond motifs is 1. The third kappa shape index (κ3) is 2.89. The fourth-order valence-corrected chi connectivity index (χ4v) is 3.98. The summed E-state index contributed by atoms with van der Waals surface area (Å²) in [7, 11) is 0. The lowest BCUT2D eigenvalue weighted by atomic mass is 10.0. The molecule has 1 aliphatic heterocycles. The number of halogens is 1. The van der Waals surface area contributed by atoms with Crippen LogP contribution in [0.5, 0.6) is 0 Å². The number of aromatic nitrogens is 2. The van der Waals surface area contributed by atoms with Crippen LogP contribution in [0.15, 0.2) is 46.9 Å². The molecule has 0 atom stereocenters. The molecule has 0 bridgehead atoms. The zero-order valence-corrected chi connectivity index (χ0v) is 16.2. The van der Waals surface area contributed by atoms with Crippen molar-refractivity contribution in [2.75, 3.05) is 11.9 Å². The van der Waals surface area contributed by atoms with E-state index in [2.05, 4.69) is 76.2 Å². The summed E-state index contributed by atoms with van der Waals surface area (Å²) in [4.78, 5) is 0. The number of hydrogen-bond acceptors (Lipinski definition) is 2. The van der Waals surface area contributed by atoms with Gasteiger partial charge in [-0.1, -0.05) is 46.3 Å². The van der Waals surface area contributed by atoms with Gasteiger partial charge in [0.05, 0.1) is 11.4 Å². The predicted octanol–water partition coefficient (Wildman–Crippen LogP) is 5.67. The molecule has 0 saturated heterocycles. The molecule has 0 radical (unpaired) electrons. The summed E-state index contributed by atoms with van der Waals surface area (Å²) in [5.41, 5.74) is 7.29. The first-order valence-corrected chi connectivity index (χ1v) is 9.63. The summed E-state index contributed by atoms with van der Waals surface area (Å²) in [6.07, 6.45) is 3.44. The number of benzene rings is 2. The molecule has 2 heterocycles. The lowest BCUT2D eigenvalue weighted by molar-refractivity contribution is 0.779. The van der Waals surface area contributed by atoms with Crippen LogP contribution in [-0.2, 0) is 6.42 Å². The molecule has 3 aromatic rings. The van der Waals surface area contributed by atoms with Gasteiger partial charge in [0.2, 0.25) is 0 Å². The zero-order valence-electron chi connectivity index (χ0n) is 14.6.